The Morgan fingerprint density at radius 3 is 2.46 bits per heavy atom. The Kier molecular flexibility index (Phi) is 7.29. The van der Waals surface area contributed by atoms with Gasteiger partial charge in [-0.1, -0.05) is 22.0 Å². The molecule has 0 aliphatic heterocycles. The number of halogens is 1. The van der Waals surface area contributed by atoms with Crippen LogP contribution in [-0.4, -0.2) is 24.1 Å². The van der Waals surface area contributed by atoms with Crippen LogP contribution in [0.2, 0.25) is 0 Å². The Morgan fingerprint density at radius 2 is 1.77 bits per heavy atom. The van der Waals surface area contributed by atoms with Gasteiger partial charge in [0.2, 0.25) is 5.91 Å². The molecule has 0 aromatic heterocycles. The van der Waals surface area contributed by atoms with Gasteiger partial charge < -0.3 is 10.6 Å². The van der Waals surface area contributed by atoms with Gasteiger partial charge in [-0.3, -0.25) is 9.59 Å². The summed E-state index contributed by atoms with van der Waals surface area (Å²) in [5.41, 5.74) is 4.41. The van der Waals surface area contributed by atoms with Crippen LogP contribution in [-0.2, 0) is 4.79 Å². The first-order chi connectivity index (χ1) is 12.3. The molecule has 2 rings (SSSR count). The predicted octanol–water partition coefficient (Wildman–Crippen LogP) is 4.85. The Balaban J connectivity index is 2.05. The van der Waals surface area contributed by atoms with Crippen LogP contribution in [0.5, 0.6) is 0 Å². The van der Waals surface area contributed by atoms with Crippen LogP contribution in [0.1, 0.15) is 34.0 Å². The molecule has 0 fully saturated rings. The van der Waals surface area contributed by atoms with Gasteiger partial charge in [-0.15, -0.1) is 11.8 Å². The third-order valence-electron chi connectivity index (χ3n) is 3.93. The van der Waals surface area contributed by atoms with Crippen molar-refractivity contribution in [1.29, 1.82) is 0 Å². The highest BCUT2D eigenvalue weighted by Crippen LogP contribution is 2.28. The number of carbonyl (C=O) groups is 2. The standard InChI is InChI=1S/C20H23BrN2O2S/c1-5-22-20(25)15-7-6-12(2)17(10-15)23-19(24)11-26-18-9-13(3)16(21)8-14(18)4/h6-10H,5,11H2,1-4H3,(H,22,25)(H,23,24). The van der Waals surface area contributed by atoms with E-state index in [9.17, 15) is 9.59 Å². The molecule has 0 unspecified atom stereocenters. The number of aryl methyl sites for hydroxylation is 3. The van der Waals surface area contributed by atoms with Gasteiger partial charge >= 0.3 is 0 Å². The third kappa shape index (κ3) is 5.35. The Bertz CT molecular complexity index is 837. The first-order valence-electron chi connectivity index (χ1n) is 8.40. The zero-order chi connectivity index (χ0) is 19.3. The predicted molar refractivity (Wildman–Crippen MR) is 112 cm³/mol. The van der Waals surface area contributed by atoms with Gasteiger partial charge in [0.1, 0.15) is 0 Å². The van der Waals surface area contributed by atoms with E-state index in [1.807, 2.05) is 33.8 Å². The molecule has 2 aromatic carbocycles. The molecule has 0 saturated heterocycles. The van der Waals surface area contributed by atoms with Crippen molar-refractivity contribution in [3.05, 3.63) is 57.1 Å². The zero-order valence-corrected chi connectivity index (χ0v) is 17.8. The van der Waals surface area contributed by atoms with Crippen LogP contribution in [0.3, 0.4) is 0 Å². The van der Waals surface area contributed by atoms with E-state index < -0.39 is 0 Å². The normalized spacial score (nSPS) is 10.5. The molecule has 0 saturated carbocycles. The van der Waals surface area contributed by atoms with E-state index in [-0.39, 0.29) is 11.8 Å². The molecule has 0 aliphatic rings. The fourth-order valence-corrected chi connectivity index (χ4v) is 3.76. The molecule has 138 valence electrons. The van der Waals surface area contributed by atoms with E-state index in [1.54, 1.807) is 12.1 Å². The summed E-state index contributed by atoms with van der Waals surface area (Å²) in [6.07, 6.45) is 0. The topological polar surface area (TPSA) is 58.2 Å². The highest BCUT2D eigenvalue weighted by molar-refractivity contribution is 9.10. The summed E-state index contributed by atoms with van der Waals surface area (Å²) in [6.45, 7) is 8.41. The summed E-state index contributed by atoms with van der Waals surface area (Å²) in [5, 5.41) is 5.68. The van der Waals surface area contributed by atoms with Crippen molar-refractivity contribution < 1.29 is 9.59 Å². The molecule has 0 atom stereocenters. The van der Waals surface area contributed by atoms with Crippen LogP contribution in [0.4, 0.5) is 5.69 Å². The van der Waals surface area contributed by atoms with E-state index in [0.717, 1.165) is 26.1 Å². The Hall–Kier alpha value is -1.79. The summed E-state index contributed by atoms with van der Waals surface area (Å²) >= 11 is 5.03. The molecule has 2 N–H and O–H groups in total. The molecular weight excluding hydrogens is 412 g/mol. The second-order valence-electron chi connectivity index (χ2n) is 6.09. The van der Waals surface area contributed by atoms with Gasteiger partial charge in [0.05, 0.1) is 5.75 Å². The monoisotopic (exact) mass is 434 g/mol. The molecule has 0 spiro atoms. The molecule has 26 heavy (non-hydrogen) atoms. The van der Waals surface area contributed by atoms with E-state index in [1.165, 1.54) is 11.8 Å². The quantitative estimate of drug-likeness (QED) is 0.638. The second kappa shape index (κ2) is 9.24. The molecule has 2 amide bonds. The van der Waals surface area contributed by atoms with Crippen molar-refractivity contribution in [1.82, 2.24) is 5.32 Å². The van der Waals surface area contributed by atoms with Gasteiger partial charge in [-0.05, 0) is 68.7 Å². The second-order valence-corrected chi connectivity index (χ2v) is 7.96. The van der Waals surface area contributed by atoms with Crippen molar-refractivity contribution in [3.8, 4) is 0 Å². The maximum Gasteiger partial charge on any atom is 0.251 e. The lowest BCUT2D eigenvalue weighted by molar-refractivity contribution is -0.113. The van der Waals surface area contributed by atoms with Gasteiger partial charge in [-0.25, -0.2) is 0 Å². The fraction of sp³-hybridized carbons (Fsp3) is 0.300. The number of hydrogen-bond donors (Lipinski definition) is 2. The van der Waals surface area contributed by atoms with E-state index in [2.05, 4.69) is 38.7 Å². The Labute approximate surface area is 167 Å². The molecule has 4 nitrogen and oxygen atoms in total. The van der Waals surface area contributed by atoms with Crippen LogP contribution in [0.15, 0.2) is 39.7 Å². The van der Waals surface area contributed by atoms with Crippen molar-refractivity contribution in [2.45, 2.75) is 32.6 Å². The largest absolute Gasteiger partial charge is 0.352 e. The van der Waals surface area contributed by atoms with Crippen LogP contribution in [0, 0.1) is 20.8 Å². The lowest BCUT2D eigenvalue weighted by Gasteiger charge is -2.12. The first-order valence-corrected chi connectivity index (χ1v) is 10.2. The molecule has 0 radical (unpaired) electrons. The number of hydrogen-bond acceptors (Lipinski definition) is 3. The number of thioether (sulfide) groups is 1. The molecule has 6 heteroatoms. The van der Waals surface area contributed by atoms with E-state index in [4.69, 9.17) is 0 Å². The van der Waals surface area contributed by atoms with E-state index in [0.29, 0.717) is 23.5 Å². The summed E-state index contributed by atoms with van der Waals surface area (Å²) < 4.78 is 1.07. The number of amides is 2. The minimum absolute atomic E-state index is 0.0916. The summed E-state index contributed by atoms with van der Waals surface area (Å²) in [6, 6.07) is 9.47. The minimum Gasteiger partial charge on any atom is -0.352 e. The van der Waals surface area contributed by atoms with Crippen LogP contribution >= 0.6 is 27.7 Å². The van der Waals surface area contributed by atoms with Crippen molar-refractivity contribution in [2.75, 3.05) is 17.6 Å². The van der Waals surface area contributed by atoms with Crippen molar-refractivity contribution >= 4 is 45.2 Å². The first kappa shape index (κ1) is 20.5. The molecule has 2 aromatic rings. The zero-order valence-electron chi connectivity index (χ0n) is 15.4. The lowest BCUT2D eigenvalue weighted by atomic mass is 10.1. The maximum atomic E-state index is 12.4. The number of benzene rings is 2. The highest BCUT2D eigenvalue weighted by atomic mass is 79.9. The number of rotatable bonds is 6. The molecule has 0 heterocycles. The minimum atomic E-state index is -0.140. The summed E-state index contributed by atoms with van der Waals surface area (Å²) in [4.78, 5) is 25.4. The lowest BCUT2D eigenvalue weighted by Crippen LogP contribution is -2.23. The number of anilines is 1. The van der Waals surface area contributed by atoms with Crippen LogP contribution < -0.4 is 10.6 Å². The van der Waals surface area contributed by atoms with Crippen molar-refractivity contribution in [2.24, 2.45) is 0 Å². The van der Waals surface area contributed by atoms with Gasteiger partial charge in [0, 0.05) is 27.2 Å². The average Bonchev–Trinajstić information content (AvgIpc) is 2.59. The highest BCUT2D eigenvalue weighted by Gasteiger charge is 2.11. The number of carbonyl (C=O) groups excluding carboxylic acids is 2. The van der Waals surface area contributed by atoms with E-state index >= 15 is 0 Å². The fourth-order valence-electron chi connectivity index (χ4n) is 2.40. The number of nitrogens with one attached hydrogen (secondary N) is 2. The van der Waals surface area contributed by atoms with Gasteiger partial charge in [0.25, 0.3) is 5.91 Å². The van der Waals surface area contributed by atoms with Crippen molar-refractivity contribution in [3.63, 3.8) is 0 Å². The molecule has 0 aliphatic carbocycles. The van der Waals surface area contributed by atoms with Gasteiger partial charge in [-0.2, -0.15) is 0 Å². The summed E-state index contributed by atoms with van der Waals surface area (Å²) in [7, 11) is 0. The summed E-state index contributed by atoms with van der Waals surface area (Å²) in [5.74, 6) is 0.0803. The molecule has 0 bridgehead atoms. The smallest absolute Gasteiger partial charge is 0.251 e. The maximum absolute atomic E-state index is 12.4. The van der Waals surface area contributed by atoms with Gasteiger partial charge in [0.15, 0.2) is 0 Å². The third-order valence-corrected chi connectivity index (χ3v) is 5.94. The molecular formula is C20H23BrN2O2S. The SMILES string of the molecule is CCNC(=O)c1ccc(C)c(NC(=O)CSc2cc(C)c(Br)cc2C)c1. The van der Waals surface area contributed by atoms with Crippen LogP contribution in [0.25, 0.3) is 0 Å². The Morgan fingerprint density at radius 1 is 1.04 bits per heavy atom. The average molecular weight is 435 g/mol.